The Labute approximate surface area is 114 Å². The summed E-state index contributed by atoms with van der Waals surface area (Å²) in [6, 6.07) is 3.21. The maximum atomic E-state index is 12.8. The molecule has 0 aliphatic carbocycles. The Kier molecular flexibility index (Phi) is 5.85. The van der Waals surface area contributed by atoms with Crippen LogP contribution in [0.25, 0.3) is 0 Å². The smallest absolute Gasteiger partial charge is 0.141 e. The average Bonchev–Trinajstić information content (AvgIpc) is 2.29. The number of hydrogen-bond acceptors (Lipinski definition) is 4. The van der Waals surface area contributed by atoms with Crippen molar-refractivity contribution in [3.8, 4) is 0 Å². The lowest BCUT2D eigenvalue weighted by Crippen LogP contribution is -2.37. The van der Waals surface area contributed by atoms with E-state index in [4.69, 9.17) is 0 Å². The van der Waals surface area contributed by atoms with Crippen molar-refractivity contribution in [1.82, 2.24) is 15.2 Å². The van der Waals surface area contributed by atoms with Gasteiger partial charge in [0, 0.05) is 6.54 Å². The third kappa shape index (κ3) is 6.09. The van der Waals surface area contributed by atoms with Crippen molar-refractivity contribution in [2.75, 3.05) is 27.2 Å². The number of nitrogens with zero attached hydrogens (tertiary/aromatic N) is 2. The minimum Gasteiger partial charge on any atom is -0.389 e. The van der Waals surface area contributed by atoms with Crippen molar-refractivity contribution in [3.05, 3.63) is 29.8 Å². The second-order valence-electron chi connectivity index (χ2n) is 5.58. The summed E-state index contributed by atoms with van der Waals surface area (Å²) in [5.41, 5.74) is 0.137. The molecule has 1 aromatic heterocycles. The summed E-state index contributed by atoms with van der Waals surface area (Å²) in [7, 11) is 3.84. The topological polar surface area (TPSA) is 48.4 Å². The number of hydrogen-bond donors (Lipinski definition) is 2. The number of pyridine rings is 1. The van der Waals surface area contributed by atoms with Crippen molar-refractivity contribution >= 4 is 0 Å². The number of aromatic nitrogens is 1. The maximum absolute atomic E-state index is 12.8. The van der Waals surface area contributed by atoms with Gasteiger partial charge in [0.25, 0.3) is 0 Å². The minimum absolute atomic E-state index is 0.0878. The van der Waals surface area contributed by atoms with Gasteiger partial charge in [-0.25, -0.2) is 4.39 Å². The van der Waals surface area contributed by atoms with E-state index in [-0.39, 0.29) is 11.9 Å². The standard InChI is InChI=1S/C14H24FN3O/c1-14(2,19)10-18(4)8-7-12(16-3)13-6-5-11(15)9-17-13/h5-6,9,12,16,19H,7-8,10H2,1-4H3. The molecule has 0 spiro atoms. The fraction of sp³-hybridized carbons (Fsp3) is 0.643. The molecule has 19 heavy (non-hydrogen) atoms. The predicted octanol–water partition coefficient (Wildman–Crippen LogP) is 1.57. The van der Waals surface area contributed by atoms with E-state index in [0.29, 0.717) is 6.54 Å². The maximum Gasteiger partial charge on any atom is 0.141 e. The third-order valence-corrected chi connectivity index (χ3v) is 2.91. The highest BCUT2D eigenvalue weighted by molar-refractivity contribution is 5.09. The van der Waals surface area contributed by atoms with Gasteiger partial charge in [0.05, 0.1) is 23.5 Å². The van der Waals surface area contributed by atoms with Crippen molar-refractivity contribution in [2.45, 2.75) is 31.9 Å². The first kappa shape index (κ1) is 16.0. The first-order valence-corrected chi connectivity index (χ1v) is 6.51. The molecule has 1 aromatic rings. The fourth-order valence-corrected chi connectivity index (χ4v) is 2.12. The van der Waals surface area contributed by atoms with Crippen LogP contribution in [0.3, 0.4) is 0 Å². The van der Waals surface area contributed by atoms with Crippen LogP contribution in [-0.4, -0.2) is 47.8 Å². The van der Waals surface area contributed by atoms with Gasteiger partial charge in [-0.3, -0.25) is 4.98 Å². The molecule has 0 aliphatic heterocycles. The lowest BCUT2D eigenvalue weighted by atomic mass is 10.1. The molecule has 4 nitrogen and oxygen atoms in total. The van der Waals surface area contributed by atoms with Crippen LogP contribution in [0.4, 0.5) is 4.39 Å². The van der Waals surface area contributed by atoms with Crippen molar-refractivity contribution in [3.63, 3.8) is 0 Å². The van der Waals surface area contributed by atoms with Gasteiger partial charge < -0.3 is 15.3 Å². The Morgan fingerprint density at radius 2 is 2.16 bits per heavy atom. The van der Waals surface area contributed by atoms with Crippen molar-refractivity contribution in [2.24, 2.45) is 0 Å². The molecular weight excluding hydrogens is 245 g/mol. The highest BCUT2D eigenvalue weighted by Gasteiger charge is 2.17. The summed E-state index contributed by atoms with van der Waals surface area (Å²) in [6.45, 7) is 5.02. The summed E-state index contributed by atoms with van der Waals surface area (Å²) >= 11 is 0. The summed E-state index contributed by atoms with van der Waals surface area (Å²) in [4.78, 5) is 6.17. The fourth-order valence-electron chi connectivity index (χ4n) is 2.12. The van der Waals surface area contributed by atoms with Crippen LogP contribution in [0.15, 0.2) is 18.3 Å². The zero-order chi connectivity index (χ0) is 14.5. The van der Waals surface area contributed by atoms with E-state index in [2.05, 4.69) is 15.2 Å². The van der Waals surface area contributed by atoms with Crippen LogP contribution in [0.1, 0.15) is 32.0 Å². The lowest BCUT2D eigenvalue weighted by molar-refractivity contribution is 0.0436. The van der Waals surface area contributed by atoms with E-state index in [1.165, 1.54) is 12.3 Å². The molecule has 0 fully saturated rings. The number of nitrogens with one attached hydrogen (secondary N) is 1. The molecule has 0 radical (unpaired) electrons. The van der Waals surface area contributed by atoms with Crippen molar-refractivity contribution in [1.29, 1.82) is 0 Å². The Morgan fingerprint density at radius 3 is 2.63 bits per heavy atom. The van der Waals surface area contributed by atoms with E-state index in [9.17, 15) is 9.50 Å². The molecule has 1 unspecified atom stereocenters. The van der Waals surface area contributed by atoms with Crippen LogP contribution < -0.4 is 5.32 Å². The molecule has 0 saturated heterocycles. The molecule has 0 saturated carbocycles. The first-order valence-electron chi connectivity index (χ1n) is 6.51. The van der Waals surface area contributed by atoms with Gasteiger partial charge in [-0.05, 0) is 53.0 Å². The SMILES string of the molecule is CNC(CCN(C)CC(C)(C)O)c1ccc(F)cn1. The summed E-state index contributed by atoms with van der Waals surface area (Å²) in [5.74, 6) is -0.322. The quantitative estimate of drug-likeness (QED) is 0.789. The number of rotatable bonds is 7. The molecule has 0 aliphatic rings. The zero-order valence-corrected chi connectivity index (χ0v) is 12.2. The predicted molar refractivity (Wildman–Crippen MR) is 74.4 cm³/mol. The summed E-state index contributed by atoms with van der Waals surface area (Å²) in [5, 5.41) is 12.9. The van der Waals surface area contributed by atoms with Crippen molar-refractivity contribution < 1.29 is 9.50 Å². The van der Waals surface area contributed by atoms with E-state index in [0.717, 1.165) is 18.7 Å². The number of halogens is 1. The van der Waals surface area contributed by atoms with E-state index in [1.807, 2.05) is 14.1 Å². The molecule has 0 amide bonds. The van der Waals surface area contributed by atoms with Gasteiger partial charge in [-0.2, -0.15) is 0 Å². The molecule has 1 atom stereocenters. The monoisotopic (exact) mass is 269 g/mol. The summed E-state index contributed by atoms with van der Waals surface area (Å²) < 4.78 is 12.8. The van der Waals surface area contributed by atoms with Gasteiger partial charge >= 0.3 is 0 Å². The second-order valence-corrected chi connectivity index (χ2v) is 5.58. The van der Waals surface area contributed by atoms with Gasteiger partial charge in [-0.1, -0.05) is 0 Å². The average molecular weight is 269 g/mol. The molecular formula is C14H24FN3O. The van der Waals surface area contributed by atoms with Gasteiger partial charge in [0.1, 0.15) is 5.82 Å². The lowest BCUT2D eigenvalue weighted by Gasteiger charge is -2.27. The molecule has 108 valence electrons. The van der Waals surface area contributed by atoms with E-state index < -0.39 is 5.60 Å². The van der Waals surface area contributed by atoms with Crippen LogP contribution >= 0.6 is 0 Å². The van der Waals surface area contributed by atoms with E-state index >= 15 is 0 Å². The molecule has 0 aromatic carbocycles. The molecule has 1 rings (SSSR count). The molecule has 0 bridgehead atoms. The molecule has 2 N–H and O–H groups in total. The van der Waals surface area contributed by atoms with Gasteiger partial charge in [0.15, 0.2) is 0 Å². The largest absolute Gasteiger partial charge is 0.389 e. The van der Waals surface area contributed by atoms with E-state index in [1.54, 1.807) is 19.9 Å². The highest BCUT2D eigenvalue weighted by atomic mass is 19.1. The Hall–Kier alpha value is -1.04. The number of aliphatic hydroxyl groups is 1. The Morgan fingerprint density at radius 1 is 1.47 bits per heavy atom. The highest BCUT2D eigenvalue weighted by Crippen LogP contribution is 2.15. The molecule has 5 heteroatoms. The minimum atomic E-state index is -0.696. The Bertz CT molecular complexity index is 375. The molecule has 1 heterocycles. The number of likely N-dealkylation sites (N-methyl/N-ethyl adjacent to an activating group) is 1. The van der Waals surface area contributed by atoms with Crippen LogP contribution in [0.5, 0.6) is 0 Å². The summed E-state index contributed by atoms with van der Waals surface area (Å²) in [6.07, 6.45) is 2.09. The third-order valence-electron chi connectivity index (χ3n) is 2.91. The zero-order valence-electron chi connectivity index (χ0n) is 12.2. The van der Waals surface area contributed by atoms with Gasteiger partial charge in [0.2, 0.25) is 0 Å². The normalized spacial score (nSPS) is 13.8. The van der Waals surface area contributed by atoms with Gasteiger partial charge in [-0.15, -0.1) is 0 Å². The van der Waals surface area contributed by atoms with Crippen LogP contribution in [0, 0.1) is 5.82 Å². The van der Waals surface area contributed by atoms with Crippen LogP contribution in [0.2, 0.25) is 0 Å². The first-order chi connectivity index (χ1) is 8.81. The Balaban J connectivity index is 2.51. The van der Waals surface area contributed by atoms with Crippen LogP contribution in [-0.2, 0) is 0 Å². The second kappa shape index (κ2) is 6.93.